The Morgan fingerprint density at radius 2 is 1.91 bits per heavy atom. The molecule has 4 rings (SSSR count). The van der Waals surface area contributed by atoms with Crippen LogP contribution in [-0.4, -0.2) is 101 Å². The lowest BCUT2D eigenvalue weighted by atomic mass is 9.76. The van der Waals surface area contributed by atoms with Crippen molar-refractivity contribution in [3.8, 4) is 11.6 Å². The number of hydrogen-bond donors (Lipinski definition) is 2. The van der Waals surface area contributed by atoms with Gasteiger partial charge in [-0.05, 0) is 77.6 Å². The topological polar surface area (TPSA) is 116 Å². The smallest absolute Gasteiger partial charge is 0.282 e. The number of ether oxygens (including phenoxy) is 1. The summed E-state index contributed by atoms with van der Waals surface area (Å²) in [5.41, 5.74) is 0.316. The van der Waals surface area contributed by atoms with Gasteiger partial charge in [-0.25, -0.2) is 9.37 Å². The van der Waals surface area contributed by atoms with Crippen LogP contribution in [0.15, 0.2) is 24.5 Å². The molecule has 3 heterocycles. The van der Waals surface area contributed by atoms with Crippen molar-refractivity contribution in [2.24, 2.45) is 11.3 Å². The number of halogens is 1. The molecule has 0 radical (unpaired) electrons. The molecular formula is C33H51FN8O3. The molecule has 2 aliphatic heterocycles. The van der Waals surface area contributed by atoms with Gasteiger partial charge in [0.2, 0.25) is 5.91 Å². The summed E-state index contributed by atoms with van der Waals surface area (Å²) in [6.45, 7) is 17.5. The minimum atomic E-state index is -0.509. The van der Waals surface area contributed by atoms with Crippen molar-refractivity contribution >= 4 is 17.6 Å². The number of nitrogens with zero attached hydrogens (tertiary/aromatic N) is 6. The summed E-state index contributed by atoms with van der Waals surface area (Å²) in [6.07, 6.45) is 5.10. The Labute approximate surface area is 267 Å². The Kier molecular flexibility index (Phi) is 11.7. The fourth-order valence-electron chi connectivity index (χ4n) is 6.78. The number of rotatable bonds is 15. The Bertz CT molecular complexity index is 1300. The first-order chi connectivity index (χ1) is 21.5. The molecule has 2 amide bonds. The van der Waals surface area contributed by atoms with Crippen LogP contribution >= 0.6 is 0 Å². The van der Waals surface area contributed by atoms with Crippen LogP contribution in [0.25, 0.3) is 0 Å². The maximum atomic E-state index is 14.3. The lowest BCUT2D eigenvalue weighted by Gasteiger charge is -2.53. The first-order valence-electron chi connectivity index (χ1n) is 16.4. The van der Waals surface area contributed by atoms with Gasteiger partial charge in [0.1, 0.15) is 17.9 Å². The predicted molar refractivity (Wildman–Crippen MR) is 173 cm³/mol. The fourth-order valence-corrected chi connectivity index (χ4v) is 6.78. The number of benzene rings is 1. The molecule has 2 fully saturated rings. The molecule has 1 aromatic heterocycles. The predicted octanol–water partition coefficient (Wildman–Crippen LogP) is 4.10. The first-order valence-corrected chi connectivity index (χ1v) is 16.4. The van der Waals surface area contributed by atoms with Gasteiger partial charge >= 0.3 is 0 Å². The molecule has 12 heteroatoms. The van der Waals surface area contributed by atoms with Gasteiger partial charge < -0.3 is 25.2 Å². The van der Waals surface area contributed by atoms with E-state index < -0.39 is 5.82 Å². The minimum Gasteiger partial charge on any atom is -0.434 e. The van der Waals surface area contributed by atoms with Gasteiger partial charge in [0, 0.05) is 69.7 Å². The van der Waals surface area contributed by atoms with Gasteiger partial charge in [0.15, 0.2) is 5.82 Å². The average Bonchev–Trinajstić information content (AvgIpc) is 3.43. The van der Waals surface area contributed by atoms with Crippen molar-refractivity contribution in [2.75, 3.05) is 51.2 Å². The van der Waals surface area contributed by atoms with Gasteiger partial charge in [-0.2, -0.15) is 0 Å². The maximum Gasteiger partial charge on any atom is 0.282 e. The van der Waals surface area contributed by atoms with E-state index in [-0.39, 0.29) is 46.5 Å². The van der Waals surface area contributed by atoms with Crippen LogP contribution in [0.5, 0.6) is 11.6 Å². The molecule has 2 N–H and O–H groups in total. The number of likely N-dealkylation sites (tertiary alicyclic amines) is 1. The van der Waals surface area contributed by atoms with Crippen LogP contribution in [0.3, 0.4) is 0 Å². The third-order valence-electron chi connectivity index (χ3n) is 9.17. The van der Waals surface area contributed by atoms with Gasteiger partial charge in [-0.3, -0.25) is 14.5 Å². The molecule has 11 nitrogen and oxygen atoms in total. The number of carbonyl (C=O) groups is 2. The van der Waals surface area contributed by atoms with Gasteiger partial charge in [-0.15, -0.1) is 10.2 Å². The molecule has 1 aromatic carbocycles. The average molecular weight is 627 g/mol. The van der Waals surface area contributed by atoms with Crippen LogP contribution < -0.4 is 20.3 Å². The molecule has 1 spiro atoms. The molecule has 2 aromatic rings. The van der Waals surface area contributed by atoms with E-state index in [1.807, 2.05) is 20.8 Å². The Morgan fingerprint density at radius 1 is 1.16 bits per heavy atom. The van der Waals surface area contributed by atoms with Crippen molar-refractivity contribution in [1.29, 1.82) is 0 Å². The van der Waals surface area contributed by atoms with Crippen LogP contribution in [0.4, 0.5) is 10.2 Å². The van der Waals surface area contributed by atoms with E-state index in [1.165, 1.54) is 24.5 Å². The number of carbonyl (C=O) groups excluding carboxylic acids is 2. The number of hydrogen-bond acceptors (Lipinski definition) is 9. The van der Waals surface area contributed by atoms with Crippen molar-refractivity contribution in [2.45, 2.75) is 85.4 Å². The molecular weight excluding hydrogens is 575 g/mol. The van der Waals surface area contributed by atoms with Gasteiger partial charge in [0.25, 0.3) is 11.8 Å². The Morgan fingerprint density at radius 3 is 2.58 bits per heavy atom. The third-order valence-corrected chi connectivity index (χ3v) is 9.17. The quantitative estimate of drug-likeness (QED) is 0.282. The lowest BCUT2D eigenvalue weighted by Crippen LogP contribution is -2.62. The zero-order valence-electron chi connectivity index (χ0n) is 28.0. The second-order valence-corrected chi connectivity index (χ2v) is 13.3. The summed E-state index contributed by atoms with van der Waals surface area (Å²) in [6, 6.07) is 4.57. The largest absolute Gasteiger partial charge is 0.434 e. The monoisotopic (exact) mass is 626 g/mol. The van der Waals surface area contributed by atoms with Crippen molar-refractivity contribution in [1.82, 2.24) is 35.6 Å². The van der Waals surface area contributed by atoms with Crippen molar-refractivity contribution in [3.63, 3.8) is 0 Å². The Hall–Kier alpha value is -3.38. The summed E-state index contributed by atoms with van der Waals surface area (Å²) < 4.78 is 20.5. The summed E-state index contributed by atoms with van der Waals surface area (Å²) in [5, 5.41) is 14.4. The number of aromatic nitrogens is 3. The summed E-state index contributed by atoms with van der Waals surface area (Å²) >= 11 is 0. The lowest BCUT2D eigenvalue weighted by molar-refractivity contribution is -0.121. The highest BCUT2D eigenvalue weighted by Gasteiger charge is 2.50. The highest BCUT2D eigenvalue weighted by atomic mass is 19.1. The highest BCUT2D eigenvalue weighted by Crippen LogP contribution is 2.44. The van der Waals surface area contributed by atoms with E-state index in [9.17, 15) is 14.0 Å². The van der Waals surface area contributed by atoms with Crippen LogP contribution in [0.2, 0.25) is 0 Å². The molecule has 2 saturated heterocycles. The standard InChI is InChI=1S/C33H51FN8O3/c1-8-42(23(4)5)32(44)26-17-25(34)11-12-28(26)45-31-30(37-21-38-39-31)40-15-13-33(18-40)19-41(20-33)27(22(2)3)10-9-14-36-24(6)16-29(43)35-7/h11-12,17,21-24,27,36H,8-10,13-16,18-20H2,1-7H3,(H,35,43)/t24-,27+/m0/s1. The summed E-state index contributed by atoms with van der Waals surface area (Å²) in [7, 11) is 1.67. The fraction of sp³-hybridized carbons (Fsp3) is 0.667. The van der Waals surface area contributed by atoms with E-state index in [0.717, 1.165) is 52.0 Å². The van der Waals surface area contributed by atoms with Crippen LogP contribution in [0, 0.1) is 17.2 Å². The van der Waals surface area contributed by atoms with Gasteiger partial charge in [0.05, 0.1) is 5.56 Å². The molecule has 2 aliphatic rings. The molecule has 248 valence electrons. The second-order valence-electron chi connectivity index (χ2n) is 13.3. The molecule has 2 atom stereocenters. The van der Waals surface area contributed by atoms with E-state index in [0.29, 0.717) is 30.7 Å². The number of nitrogens with one attached hydrogen (secondary N) is 2. The summed E-state index contributed by atoms with van der Waals surface area (Å²) in [5.74, 6) is 0.804. The normalized spacial score (nSPS) is 17.4. The highest BCUT2D eigenvalue weighted by molar-refractivity contribution is 5.97. The molecule has 0 unspecified atom stereocenters. The van der Waals surface area contributed by atoms with Crippen molar-refractivity contribution < 1.29 is 18.7 Å². The first kappa shape index (κ1) is 34.5. The maximum absolute atomic E-state index is 14.3. The van der Waals surface area contributed by atoms with E-state index >= 15 is 0 Å². The van der Waals surface area contributed by atoms with Crippen molar-refractivity contribution in [3.05, 3.63) is 35.9 Å². The SMILES string of the molecule is CCN(C(=O)c1cc(F)ccc1Oc1nncnc1N1CCC2(C1)CN([C@H](CCCN[C@@H](C)CC(=O)NC)C(C)C)C2)C(C)C. The molecule has 0 bridgehead atoms. The molecule has 45 heavy (non-hydrogen) atoms. The second kappa shape index (κ2) is 15.3. The molecule has 0 saturated carbocycles. The Balaban J connectivity index is 1.38. The number of anilines is 1. The third kappa shape index (κ3) is 8.46. The van der Waals surface area contributed by atoms with Crippen LogP contribution in [0.1, 0.15) is 77.6 Å². The zero-order chi connectivity index (χ0) is 32.7. The zero-order valence-corrected chi connectivity index (χ0v) is 28.0. The van der Waals surface area contributed by atoms with Crippen LogP contribution in [-0.2, 0) is 4.79 Å². The summed E-state index contributed by atoms with van der Waals surface area (Å²) in [4.78, 5) is 36.0. The van der Waals surface area contributed by atoms with E-state index in [4.69, 9.17) is 4.74 Å². The molecule has 0 aliphatic carbocycles. The van der Waals surface area contributed by atoms with E-state index in [2.05, 4.69) is 56.4 Å². The van der Waals surface area contributed by atoms with E-state index in [1.54, 1.807) is 11.9 Å². The number of amides is 2. The van der Waals surface area contributed by atoms with Gasteiger partial charge in [-0.1, -0.05) is 13.8 Å². The minimum absolute atomic E-state index is 0.0499.